The van der Waals surface area contributed by atoms with Crippen LogP contribution in [0.15, 0.2) is 29.2 Å². The summed E-state index contributed by atoms with van der Waals surface area (Å²) in [7, 11) is -1.78. The highest BCUT2D eigenvalue weighted by atomic mass is 32.2. The fourth-order valence-electron chi connectivity index (χ4n) is 3.42. The largest absolute Gasteiger partial charge is 0.467 e. The lowest BCUT2D eigenvalue weighted by Crippen LogP contribution is -2.58. The number of nitrogens with zero attached hydrogens (tertiary/aromatic N) is 2. The van der Waals surface area contributed by atoms with Crippen molar-refractivity contribution in [1.29, 1.82) is 0 Å². The third-order valence-corrected chi connectivity index (χ3v) is 7.58. The quantitative estimate of drug-likeness (QED) is 0.240. The van der Waals surface area contributed by atoms with Gasteiger partial charge >= 0.3 is 5.97 Å². The molecule has 2 amide bonds. The standard InChI is InChI=1S/C22H34N4O8S/c1-8-14(4)18(20(27)23-15(5)22(29)34-7)24-21(28)19(13(2)3)25(6)35(32,33)17-11-9-16(10-12-17)26(30)31/h9-15,18-19H,8H2,1-7H3,(H,23,27)(H,24,28)/t14-,15-,18-,19-/m0/s1. The number of esters is 1. The summed E-state index contributed by atoms with van der Waals surface area (Å²) in [6, 6.07) is 1.17. The van der Waals surface area contributed by atoms with E-state index in [2.05, 4.69) is 15.4 Å². The van der Waals surface area contributed by atoms with Gasteiger partial charge in [0.2, 0.25) is 21.8 Å². The number of ether oxygens (including phenoxy) is 1. The topological polar surface area (TPSA) is 165 Å². The number of nitro benzene ring substituents is 1. The first kappa shape index (κ1) is 30.0. The molecule has 0 saturated carbocycles. The lowest BCUT2D eigenvalue weighted by atomic mass is 9.96. The van der Waals surface area contributed by atoms with E-state index < -0.39 is 56.8 Å². The number of carbonyl (C=O) groups is 3. The number of non-ortho nitro benzene ring substituents is 1. The first-order valence-corrected chi connectivity index (χ1v) is 12.5. The Balaban J connectivity index is 3.22. The zero-order chi connectivity index (χ0) is 27.1. The second-order valence-electron chi connectivity index (χ2n) is 8.59. The van der Waals surface area contributed by atoms with E-state index in [9.17, 15) is 32.9 Å². The number of sulfonamides is 1. The van der Waals surface area contributed by atoms with Crippen LogP contribution >= 0.6 is 0 Å². The minimum atomic E-state index is -4.20. The number of methoxy groups -OCH3 is 1. The zero-order valence-electron chi connectivity index (χ0n) is 21.0. The number of hydrogen-bond donors (Lipinski definition) is 2. The highest BCUT2D eigenvalue weighted by Gasteiger charge is 2.38. The number of benzene rings is 1. The van der Waals surface area contributed by atoms with Crippen molar-refractivity contribution in [2.45, 2.75) is 64.1 Å². The van der Waals surface area contributed by atoms with Gasteiger partial charge in [-0.25, -0.2) is 13.2 Å². The molecule has 35 heavy (non-hydrogen) atoms. The molecular weight excluding hydrogens is 480 g/mol. The average molecular weight is 515 g/mol. The average Bonchev–Trinajstić information content (AvgIpc) is 2.80. The molecule has 0 aromatic heterocycles. The van der Waals surface area contributed by atoms with Gasteiger partial charge in [0.25, 0.3) is 5.69 Å². The molecule has 0 fully saturated rings. The van der Waals surface area contributed by atoms with E-state index in [4.69, 9.17) is 0 Å². The smallest absolute Gasteiger partial charge is 0.328 e. The van der Waals surface area contributed by atoms with Gasteiger partial charge < -0.3 is 15.4 Å². The number of nitrogens with one attached hydrogen (secondary N) is 2. The lowest BCUT2D eigenvalue weighted by Gasteiger charge is -2.32. The minimum Gasteiger partial charge on any atom is -0.467 e. The molecule has 1 rings (SSSR count). The summed E-state index contributed by atoms with van der Waals surface area (Å²) in [4.78, 5) is 47.8. The highest BCUT2D eigenvalue weighted by Crippen LogP contribution is 2.23. The van der Waals surface area contributed by atoms with Gasteiger partial charge in [0.1, 0.15) is 18.1 Å². The first-order chi connectivity index (χ1) is 16.2. The fourth-order valence-corrected chi connectivity index (χ4v) is 4.87. The molecule has 12 nitrogen and oxygen atoms in total. The van der Waals surface area contributed by atoms with Crippen LogP contribution in [-0.4, -0.2) is 67.7 Å². The van der Waals surface area contributed by atoms with E-state index >= 15 is 0 Å². The van der Waals surface area contributed by atoms with Gasteiger partial charge in [0.15, 0.2) is 0 Å². The van der Waals surface area contributed by atoms with Crippen molar-refractivity contribution in [3.05, 3.63) is 34.4 Å². The molecule has 1 aromatic rings. The van der Waals surface area contributed by atoms with Crippen LogP contribution in [0.25, 0.3) is 0 Å². The number of amides is 2. The molecule has 0 aliphatic rings. The predicted octanol–water partition coefficient (Wildman–Crippen LogP) is 1.45. The lowest BCUT2D eigenvalue weighted by molar-refractivity contribution is -0.384. The van der Waals surface area contributed by atoms with Gasteiger partial charge in [-0.2, -0.15) is 4.31 Å². The number of hydrogen-bond acceptors (Lipinski definition) is 8. The fraction of sp³-hybridized carbons (Fsp3) is 0.591. The SMILES string of the molecule is CC[C@H](C)[C@H](NC(=O)[C@H](C(C)C)N(C)S(=O)(=O)c1ccc([N+](=O)[O-])cc1)C(=O)N[C@@H](C)C(=O)OC. The molecule has 0 aliphatic carbocycles. The summed E-state index contributed by atoms with van der Waals surface area (Å²) >= 11 is 0. The maximum absolute atomic E-state index is 13.3. The molecule has 2 N–H and O–H groups in total. The summed E-state index contributed by atoms with van der Waals surface area (Å²) in [6.07, 6.45) is 0.522. The number of nitro groups is 1. The summed E-state index contributed by atoms with van der Waals surface area (Å²) in [5, 5.41) is 16.0. The van der Waals surface area contributed by atoms with Gasteiger partial charge in [-0.1, -0.05) is 34.1 Å². The van der Waals surface area contributed by atoms with E-state index in [-0.39, 0.29) is 16.5 Å². The van der Waals surface area contributed by atoms with Crippen LogP contribution < -0.4 is 10.6 Å². The molecule has 1 aromatic carbocycles. The van der Waals surface area contributed by atoms with Crippen LogP contribution in [-0.2, 0) is 29.1 Å². The Kier molecular flexibility index (Phi) is 10.8. The van der Waals surface area contributed by atoms with Crippen molar-refractivity contribution < 1.29 is 32.5 Å². The number of likely N-dealkylation sites (N-methyl/N-ethyl adjacent to an activating group) is 1. The Hall–Kier alpha value is -3.06. The summed E-state index contributed by atoms with van der Waals surface area (Å²) < 4.78 is 31.8. The second kappa shape index (κ2) is 12.6. The van der Waals surface area contributed by atoms with Gasteiger partial charge in [-0.15, -0.1) is 0 Å². The molecule has 0 aliphatic heterocycles. The molecular formula is C22H34N4O8S. The molecule has 13 heteroatoms. The Morgan fingerprint density at radius 3 is 2.03 bits per heavy atom. The van der Waals surface area contributed by atoms with E-state index in [0.717, 1.165) is 28.6 Å². The number of carbonyl (C=O) groups excluding carboxylic acids is 3. The Bertz CT molecular complexity index is 1030. The predicted molar refractivity (Wildman–Crippen MR) is 128 cm³/mol. The monoisotopic (exact) mass is 514 g/mol. The van der Waals surface area contributed by atoms with Crippen molar-refractivity contribution in [3.8, 4) is 0 Å². The van der Waals surface area contributed by atoms with Crippen LogP contribution in [0.2, 0.25) is 0 Å². The van der Waals surface area contributed by atoms with Crippen molar-refractivity contribution in [3.63, 3.8) is 0 Å². The van der Waals surface area contributed by atoms with Crippen LogP contribution in [0.3, 0.4) is 0 Å². The van der Waals surface area contributed by atoms with E-state index in [1.807, 2.05) is 6.92 Å². The Labute approximate surface area is 205 Å². The summed E-state index contributed by atoms with van der Waals surface area (Å²) in [6.45, 7) is 8.33. The van der Waals surface area contributed by atoms with Crippen molar-refractivity contribution in [1.82, 2.24) is 14.9 Å². The van der Waals surface area contributed by atoms with E-state index in [0.29, 0.717) is 6.42 Å². The molecule has 0 unspecified atom stereocenters. The van der Waals surface area contributed by atoms with E-state index in [1.54, 1.807) is 20.8 Å². The molecule has 0 bridgehead atoms. The van der Waals surface area contributed by atoms with Crippen molar-refractivity contribution in [2.75, 3.05) is 14.2 Å². The normalized spacial score (nSPS) is 15.1. The van der Waals surface area contributed by atoms with Crippen molar-refractivity contribution in [2.24, 2.45) is 11.8 Å². The van der Waals surface area contributed by atoms with Crippen LogP contribution in [0.4, 0.5) is 5.69 Å². The van der Waals surface area contributed by atoms with Crippen molar-refractivity contribution >= 4 is 33.5 Å². The zero-order valence-corrected chi connectivity index (χ0v) is 21.8. The van der Waals surface area contributed by atoms with Gasteiger partial charge in [0.05, 0.1) is 16.9 Å². The third kappa shape index (κ3) is 7.46. The summed E-state index contributed by atoms with van der Waals surface area (Å²) in [5.74, 6) is -2.76. The number of rotatable bonds is 12. The third-order valence-electron chi connectivity index (χ3n) is 5.72. The molecule has 0 spiro atoms. The van der Waals surface area contributed by atoms with Crippen LogP contribution in [0.1, 0.15) is 41.0 Å². The Morgan fingerprint density at radius 1 is 1.06 bits per heavy atom. The maximum Gasteiger partial charge on any atom is 0.328 e. The van der Waals surface area contributed by atoms with Crippen LogP contribution in [0.5, 0.6) is 0 Å². The minimum absolute atomic E-state index is 0.216. The highest BCUT2D eigenvalue weighted by molar-refractivity contribution is 7.89. The molecule has 0 saturated heterocycles. The maximum atomic E-state index is 13.3. The van der Waals surface area contributed by atoms with Crippen LogP contribution in [0, 0.1) is 22.0 Å². The Morgan fingerprint density at radius 2 is 1.60 bits per heavy atom. The second-order valence-corrected chi connectivity index (χ2v) is 10.6. The van der Waals surface area contributed by atoms with Gasteiger partial charge in [-0.3, -0.25) is 19.7 Å². The first-order valence-electron chi connectivity index (χ1n) is 11.1. The summed E-state index contributed by atoms with van der Waals surface area (Å²) in [5.41, 5.74) is -0.270. The van der Waals surface area contributed by atoms with E-state index in [1.165, 1.54) is 21.1 Å². The molecule has 4 atom stereocenters. The molecule has 0 heterocycles. The van der Waals surface area contributed by atoms with Gasteiger partial charge in [0, 0.05) is 19.2 Å². The molecule has 0 radical (unpaired) electrons. The van der Waals surface area contributed by atoms with Gasteiger partial charge in [-0.05, 0) is 30.9 Å². The molecule has 196 valence electrons.